The molecule has 1 aromatic heterocycles. The number of hydrogen-bond acceptors (Lipinski definition) is 8. The van der Waals surface area contributed by atoms with Crippen LogP contribution in [0, 0.1) is 10.1 Å². The summed E-state index contributed by atoms with van der Waals surface area (Å²) in [7, 11) is 1.44. The molecular weight excluding hydrogens is 440 g/mol. The fraction of sp³-hybridized carbons (Fsp3) is 0.0952. The van der Waals surface area contributed by atoms with Gasteiger partial charge in [0.05, 0.1) is 28.8 Å². The minimum absolute atomic E-state index is 0.00430. The number of carboxylic acid groups (broad SMARTS) is 1. The molecule has 0 aliphatic carbocycles. The number of rotatable bonds is 9. The highest BCUT2D eigenvalue weighted by molar-refractivity contribution is 6.32. The van der Waals surface area contributed by atoms with Gasteiger partial charge in [0.25, 0.3) is 0 Å². The van der Waals surface area contributed by atoms with E-state index in [0.29, 0.717) is 16.9 Å². The first-order chi connectivity index (χ1) is 15.4. The second-order valence-electron chi connectivity index (χ2n) is 6.33. The van der Waals surface area contributed by atoms with Crippen LogP contribution in [0.25, 0.3) is 0 Å². The molecule has 0 bridgehead atoms. The summed E-state index contributed by atoms with van der Waals surface area (Å²) in [5.74, 6) is -0.427. The van der Waals surface area contributed by atoms with Crippen LogP contribution in [-0.4, -0.2) is 34.3 Å². The molecule has 0 saturated carbocycles. The Morgan fingerprint density at radius 1 is 1.31 bits per heavy atom. The maximum atomic E-state index is 11.1. The number of nitro groups is 1. The van der Waals surface area contributed by atoms with Crippen molar-refractivity contribution in [1.82, 2.24) is 4.98 Å². The maximum Gasteiger partial charge on any atom is 0.335 e. The van der Waals surface area contributed by atoms with Crippen molar-refractivity contribution >= 4 is 35.3 Å². The van der Waals surface area contributed by atoms with Gasteiger partial charge in [-0.1, -0.05) is 23.7 Å². The van der Waals surface area contributed by atoms with Gasteiger partial charge in [0.2, 0.25) is 5.82 Å². The summed E-state index contributed by atoms with van der Waals surface area (Å²) in [5, 5.41) is 24.3. The number of ether oxygens (including phenoxy) is 2. The van der Waals surface area contributed by atoms with Gasteiger partial charge in [-0.2, -0.15) is 5.10 Å². The van der Waals surface area contributed by atoms with Crippen molar-refractivity contribution in [2.75, 3.05) is 12.5 Å². The minimum Gasteiger partial charge on any atom is -0.493 e. The Labute approximate surface area is 187 Å². The number of aromatic carboxylic acids is 1. The Hall–Kier alpha value is -4.18. The molecule has 3 aromatic rings. The average Bonchev–Trinajstić information content (AvgIpc) is 2.78. The van der Waals surface area contributed by atoms with Gasteiger partial charge in [0.1, 0.15) is 6.61 Å². The smallest absolute Gasteiger partial charge is 0.335 e. The number of halogens is 1. The SMILES string of the molecule is COc1cc(/C=N/Nc2ncccc2[N+](=O)[O-])cc(Cl)c1OCc1cccc(C(=O)O)c1. The summed E-state index contributed by atoms with van der Waals surface area (Å²) in [5.41, 5.74) is 3.65. The van der Waals surface area contributed by atoms with Crippen molar-refractivity contribution in [3.8, 4) is 11.5 Å². The van der Waals surface area contributed by atoms with Crippen molar-refractivity contribution in [1.29, 1.82) is 0 Å². The number of carbonyl (C=O) groups is 1. The van der Waals surface area contributed by atoms with Crippen LogP contribution >= 0.6 is 11.6 Å². The summed E-state index contributed by atoms with van der Waals surface area (Å²) in [6, 6.07) is 12.3. The molecule has 0 atom stereocenters. The van der Waals surface area contributed by atoms with Crippen LogP contribution in [0.15, 0.2) is 59.8 Å². The van der Waals surface area contributed by atoms with Gasteiger partial charge in [-0.05, 0) is 41.5 Å². The molecule has 32 heavy (non-hydrogen) atoms. The molecular formula is C21H17ClN4O6. The molecule has 0 aliphatic heterocycles. The number of carboxylic acids is 1. The van der Waals surface area contributed by atoms with Crippen molar-refractivity contribution in [3.05, 3.63) is 86.6 Å². The zero-order valence-corrected chi connectivity index (χ0v) is 17.4. The van der Waals surface area contributed by atoms with Gasteiger partial charge in [-0.15, -0.1) is 0 Å². The third-order valence-electron chi connectivity index (χ3n) is 4.18. The molecule has 0 spiro atoms. The van der Waals surface area contributed by atoms with E-state index in [1.807, 2.05) is 0 Å². The van der Waals surface area contributed by atoms with Crippen LogP contribution in [0.1, 0.15) is 21.5 Å². The molecule has 2 aromatic carbocycles. The van der Waals surface area contributed by atoms with Crippen molar-refractivity contribution < 1.29 is 24.3 Å². The Balaban J connectivity index is 1.75. The van der Waals surface area contributed by atoms with E-state index < -0.39 is 10.9 Å². The van der Waals surface area contributed by atoms with E-state index in [0.717, 1.165) is 0 Å². The van der Waals surface area contributed by atoms with Crippen LogP contribution in [0.5, 0.6) is 11.5 Å². The Morgan fingerprint density at radius 3 is 2.84 bits per heavy atom. The zero-order valence-electron chi connectivity index (χ0n) is 16.7. The maximum absolute atomic E-state index is 11.1. The van der Waals surface area contributed by atoms with E-state index in [4.69, 9.17) is 26.2 Å². The average molecular weight is 457 g/mol. The standard InChI is InChI=1S/C21H17ClN4O6/c1-31-18-10-14(11-24-25-20-17(26(29)30)6-3-7-23-20)9-16(22)19(18)32-12-13-4-2-5-15(8-13)21(27)28/h2-11H,12H2,1H3,(H,23,25)(H,27,28)/b24-11+. The number of nitrogens with one attached hydrogen (secondary N) is 1. The first-order valence-electron chi connectivity index (χ1n) is 9.10. The molecule has 0 unspecified atom stereocenters. The number of aromatic nitrogens is 1. The van der Waals surface area contributed by atoms with Crippen LogP contribution in [0.4, 0.5) is 11.5 Å². The topological polar surface area (TPSA) is 136 Å². The predicted molar refractivity (Wildman–Crippen MR) is 118 cm³/mol. The molecule has 10 nitrogen and oxygen atoms in total. The largest absolute Gasteiger partial charge is 0.493 e. The highest BCUT2D eigenvalue weighted by atomic mass is 35.5. The van der Waals surface area contributed by atoms with Gasteiger partial charge in [0.15, 0.2) is 11.5 Å². The van der Waals surface area contributed by atoms with E-state index in [2.05, 4.69) is 15.5 Å². The summed E-state index contributed by atoms with van der Waals surface area (Å²) in [6.07, 6.45) is 2.80. The highest BCUT2D eigenvalue weighted by Crippen LogP contribution is 2.36. The number of benzene rings is 2. The lowest BCUT2D eigenvalue weighted by Crippen LogP contribution is -2.02. The molecule has 0 radical (unpaired) electrons. The fourth-order valence-corrected chi connectivity index (χ4v) is 2.98. The number of methoxy groups -OCH3 is 1. The second-order valence-corrected chi connectivity index (χ2v) is 6.73. The number of nitrogens with zero attached hydrogens (tertiary/aromatic N) is 3. The molecule has 11 heteroatoms. The van der Waals surface area contributed by atoms with Crippen LogP contribution in [0.3, 0.4) is 0 Å². The van der Waals surface area contributed by atoms with Crippen LogP contribution in [0.2, 0.25) is 5.02 Å². The summed E-state index contributed by atoms with van der Waals surface area (Å²) in [6.45, 7) is 0.0789. The van der Waals surface area contributed by atoms with E-state index in [9.17, 15) is 14.9 Å². The van der Waals surface area contributed by atoms with Gasteiger partial charge in [-0.3, -0.25) is 15.5 Å². The fourth-order valence-electron chi connectivity index (χ4n) is 2.70. The predicted octanol–water partition coefficient (Wildman–Crippen LogP) is 4.38. The lowest BCUT2D eigenvalue weighted by atomic mass is 10.1. The number of hydrazone groups is 1. The summed E-state index contributed by atoms with van der Waals surface area (Å²) >= 11 is 6.34. The Morgan fingerprint density at radius 2 is 2.12 bits per heavy atom. The van der Waals surface area contributed by atoms with E-state index in [1.165, 1.54) is 43.8 Å². The van der Waals surface area contributed by atoms with E-state index >= 15 is 0 Å². The summed E-state index contributed by atoms with van der Waals surface area (Å²) < 4.78 is 11.1. The van der Waals surface area contributed by atoms with Gasteiger partial charge in [-0.25, -0.2) is 9.78 Å². The molecule has 164 valence electrons. The second kappa shape index (κ2) is 10.2. The van der Waals surface area contributed by atoms with Crippen molar-refractivity contribution in [2.24, 2.45) is 5.10 Å². The first-order valence-corrected chi connectivity index (χ1v) is 9.48. The lowest BCUT2D eigenvalue weighted by molar-refractivity contribution is -0.384. The Bertz CT molecular complexity index is 1180. The number of hydrogen-bond donors (Lipinski definition) is 2. The molecule has 0 saturated heterocycles. The third kappa shape index (κ3) is 5.49. The monoisotopic (exact) mass is 456 g/mol. The number of pyridine rings is 1. The molecule has 2 N–H and O–H groups in total. The van der Waals surface area contributed by atoms with E-state index in [1.54, 1.807) is 24.3 Å². The Kier molecular flexibility index (Phi) is 7.19. The van der Waals surface area contributed by atoms with Gasteiger partial charge >= 0.3 is 11.7 Å². The summed E-state index contributed by atoms with van der Waals surface area (Å²) in [4.78, 5) is 25.5. The van der Waals surface area contributed by atoms with Crippen LogP contribution < -0.4 is 14.9 Å². The normalized spacial score (nSPS) is 10.7. The van der Waals surface area contributed by atoms with Crippen molar-refractivity contribution in [2.45, 2.75) is 6.61 Å². The molecule has 0 amide bonds. The van der Waals surface area contributed by atoms with Crippen LogP contribution in [-0.2, 0) is 6.61 Å². The molecule has 1 heterocycles. The highest BCUT2D eigenvalue weighted by Gasteiger charge is 2.14. The van der Waals surface area contributed by atoms with E-state index in [-0.39, 0.29) is 34.4 Å². The first kappa shape index (κ1) is 22.5. The minimum atomic E-state index is -1.03. The number of anilines is 1. The quantitative estimate of drug-likeness (QED) is 0.275. The molecule has 0 fully saturated rings. The third-order valence-corrected chi connectivity index (χ3v) is 4.46. The van der Waals surface area contributed by atoms with Gasteiger partial charge in [0, 0.05) is 12.3 Å². The zero-order chi connectivity index (χ0) is 23.1. The molecule has 3 rings (SSSR count). The van der Waals surface area contributed by atoms with Crippen molar-refractivity contribution in [3.63, 3.8) is 0 Å². The van der Waals surface area contributed by atoms with Gasteiger partial charge < -0.3 is 14.6 Å². The lowest BCUT2D eigenvalue weighted by Gasteiger charge is -2.13. The molecule has 0 aliphatic rings.